The summed E-state index contributed by atoms with van der Waals surface area (Å²) in [4.78, 5) is 15.4. The summed E-state index contributed by atoms with van der Waals surface area (Å²) >= 11 is 12.2. The number of methoxy groups -OCH3 is 2. The Kier molecular flexibility index (Phi) is 4.89. The predicted molar refractivity (Wildman–Crippen MR) is 102 cm³/mol. The van der Waals surface area contributed by atoms with Crippen molar-refractivity contribution in [3.05, 3.63) is 56.1 Å². The molecule has 0 aliphatic rings. The van der Waals surface area contributed by atoms with Crippen molar-refractivity contribution >= 4 is 39.8 Å². The topological polar surface area (TPSA) is 74.5 Å². The molecule has 3 rings (SSSR count). The van der Waals surface area contributed by atoms with E-state index in [1.54, 1.807) is 24.3 Å². The first-order valence-corrected chi connectivity index (χ1v) is 8.29. The molecule has 0 saturated heterocycles. The van der Waals surface area contributed by atoms with Gasteiger partial charge in [-0.15, -0.1) is 0 Å². The molecule has 6 nitrogen and oxygen atoms in total. The van der Waals surface area contributed by atoms with Crippen molar-refractivity contribution in [3.8, 4) is 22.8 Å². The van der Waals surface area contributed by atoms with Crippen LogP contribution in [0.2, 0.25) is 10.0 Å². The van der Waals surface area contributed by atoms with Gasteiger partial charge < -0.3 is 9.47 Å². The highest BCUT2D eigenvalue weighted by atomic mass is 35.5. The minimum Gasteiger partial charge on any atom is -0.496 e. The van der Waals surface area contributed by atoms with Crippen molar-refractivity contribution < 1.29 is 14.4 Å². The van der Waals surface area contributed by atoms with Crippen LogP contribution in [0.3, 0.4) is 0 Å². The van der Waals surface area contributed by atoms with Crippen LogP contribution in [0.25, 0.3) is 22.0 Å². The zero-order valence-corrected chi connectivity index (χ0v) is 15.7. The molecule has 0 N–H and O–H groups in total. The van der Waals surface area contributed by atoms with Gasteiger partial charge in [-0.2, -0.15) is 0 Å². The van der Waals surface area contributed by atoms with Crippen LogP contribution < -0.4 is 9.47 Å². The van der Waals surface area contributed by atoms with E-state index < -0.39 is 4.92 Å². The molecular weight excluding hydrogens is 379 g/mol. The molecule has 0 atom stereocenters. The van der Waals surface area contributed by atoms with Gasteiger partial charge in [-0.05, 0) is 30.2 Å². The van der Waals surface area contributed by atoms with Crippen LogP contribution in [0.4, 0.5) is 5.69 Å². The highest BCUT2D eigenvalue weighted by molar-refractivity contribution is 6.42. The molecule has 0 aliphatic carbocycles. The SMILES string of the molecule is COc1cc(C)c2c(-c3ccc(Cl)c(Cl)c3)c(OC)cc([N+](=O)[O-])c2n1. The van der Waals surface area contributed by atoms with Crippen LogP contribution in [0, 0.1) is 17.0 Å². The molecule has 1 heterocycles. The number of aromatic nitrogens is 1. The third kappa shape index (κ3) is 3.02. The Balaban J connectivity index is 2.50. The molecule has 0 saturated carbocycles. The van der Waals surface area contributed by atoms with Gasteiger partial charge in [0.05, 0.1) is 35.3 Å². The fraction of sp³-hybridized carbons (Fsp3) is 0.167. The molecule has 26 heavy (non-hydrogen) atoms. The van der Waals surface area contributed by atoms with Crippen LogP contribution in [-0.2, 0) is 0 Å². The number of benzene rings is 2. The molecule has 1 aromatic heterocycles. The third-order valence-corrected chi connectivity index (χ3v) is 4.77. The number of hydrogen-bond acceptors (Lipinski definition) is 5. The number of nitrogens with zero attached hydrogens (tertiary/aromatic N) is 2. The van der Waals surface area contributed by atoms with E-state index >= 15 is 0 Å². The summed E-state index contributed by atoms with van der Waals surface area (Å²) in [7, 11) is 2.92. The van der Waals surface area contributed by atoms with Gasteiger partial charge in [0.2, 0.25) is 5.88 Å². The molecule has 2 aromatic carbocycles. The number of non-ortho nitro benzene ring substituents is 1. The molecule has 0 unspecified atom stereocenters. The Hall–Kier alpha value is -2.57. The summed E-state index contributed by atoms with van der Waals surface area (Å²) in [5.41, 5.74) is 2.18. The van der Waals surface area contributed by atoms with Gasteiger partial charge in [0, 0.05) is 17.0 Å². The van der Waals surface area contributed by atoms with Crippen LogP contribution in [-0.4, -0.2) is 24.1 Å². The molecule has 134 valence electrons. The number of hydrogen-bond donors (Lipinski definition) is 0. The zero-order chi connectivity index (χ0) is 19.0. The second-order valence-electron chi connectivity index (χ2n) is 5.56. The molecule has 3 aromatic rings. The lowest BCUT2D eigenvalue weighted by atomic mass is 9.95. The summed E-state index contributed by atoms with van der Waals surface area (Å²) in [5, 5.41) is 13.0. The van der Waals surface area contributed by atoms with Crippen molar-refractivity contribution in [2.75, 3.05) is 14.2 Å². The van der Waals surface area contributed by atoms with Crippen molar-refractivity contribution in [3.63, 3.8) is 0 Å². The van der Waals surface area contributed by atoms with E-state index in [2.05, 4.69) is 4.98 Å². The number of halogens is 2. The van der Waals surface area contributed by atoms with Crippen LogP contribution in [0.5, 0.6) is 11.6 Å². The van der Waals surface area contributed by atoms with E-state index in [4.69, 9.17) is 32.7 Å². The van der Waals surface area contributed by atoms with Gasteiger partial charge in [0.15, 0.2) is 5.52 Å². The smallest absolute Gasteiger partial charge is 0.299 e. The molecule has 0 fully saturated rings. The van der Waals surface area contributed by atoms with E-state index in [0.717, 1.165) is 5.56 Å². The fourth-order valence-corrected chi connectivity index (χ4v) is 3.17. The normalized spacial score (nSPS) is 10.8. The van der Waals surface area contributed by atoms with Gasteiger partial charge in [-0.25, -0.2) is 4.98 Å². The molecule has 0 aliphatic heterocycles. The maximum absolute atomic E-state index is 11.6. The lowest BCUT2D eigenvalue weighted by molar-refractivity contribution is -0.383. The zero-order valence-electron chi connectivity index (χ0n) is 14.2. The maximum atomic E-state index is 11.6. The van der Waals surface area contributed by atoms with Crippen molar-refractivity contribution in [2.24, 2.45) is 0 Å². The number of nitro benzene ring substituents is 1. The van der Waals surface area contributed by atoms with Gasteiger partial charge in [-0.3, -0.25) is 10.1 Å². The lowest BCUT2D eigenvalue weighted by Crippen LogP contribution is -2.00. The molecule has 8 heteroatoms. The number of nitro groups is 1. The van der Waals surface area contributed by atoms with Crippen molar-refractivity contribution in [2.45, 2.75) is 6.92 Å². The average Bonchev–Trinajstić information content (AvgIpc) is 2.62. The van der Waals surface area contributed by atoms with Crippen molar-refractivity contribution in [1.29, 1.82) is 0 Å². The molecule has 0 amide bonds. The summed E-state index contributed by atoms with van der Waals surface area (Å²) in [6.07, 6.45) is 0. The fourth-order valence-electron chi connectivity index (χ4n) is 2.87. The minimum atomic E-state index is -0.491. The van der Waals surface area contributed by atoms with Gasteiger partial charge in [-0.1, -0.05) is 29.3 Å². The van der Waals surface area contributed by atoms with Gasteiger partial charge >= 0.3 is 0 Å². The molecular formula is C18H14Cl2N2O4. The number of fused-ring (bicyclic) bond motifs is 1. The van der Waals surface area contributed by atoms with E-state index in [0.29, 0.717) is 38.2 Å². The van der Waals surface area contributed by atoms with E-state index in [1.165, 1.54) is 20.3 Å². The Labute approximate surface area is 159 Å². The first kappa shape index (κ1) is 18.2. The van der Waals surface area contributed by atoms with Gasteiger partial charge in [0.25, 0.3) is 5.69 Å². The summed E-state index contributed by atoms with van der Waals surface area (Å²) in [6, 6.07) is 8.20. The summed E-state index contributed by atoms with van der Waals surface area (Å²) in [6.45, 7) is 1.83. The monoisotopic (exact) mass is 392 g/mol. The lowest BCUT2D eigenvalue weighted by Gasteiger charge is -2.15. The van der Waals surface area contributed by atoms with Crippen molar-refractivity contribution in [1.82, 2.24) is 4.98 Å². The summed E-state index contributed by atoms with van der Waals surface area (Å²) in [5.74, 6) is 0.640. The molecule has 0 bridgehead atoms. The second-order valence-corrected chi connectivity index (χ2v) is 6.38. The Morgan fingerprint density at radius 2 is 1.81 bits per heavy atom. The Morgan fingerprint density at radius 1 is 1.08 bits per heavy atom. The Morgan fingerprint density at radius 3 is 2.38 bits per heavy atom. The van der Waals surface area contributed by atoms with Gasteiger partial charge in [0.1, 0.15) is 5.75 Å². The van der Waals surface area contributed by atoms with E-state index in [-0.39, 0.29) is 11.2 Å². The average molecular weight is 393 g/mol. The first-order valence-electron chi connectivity index (χ1n) is 7.53. The van der Waals surface area contributed by atoms with Crippen LogP contribution >= 0.6 is 23.2 Å². The maximum Gasteiger partial charge on any atom is 0.299 e. The van der Waals surface area contributed by atoms with Crippen LogP contribution in [0.1, 0.15) is 5.56 Å². The second kappa shape index (κ2) is 6.97. The summed E-state index contributed by atoms with van der Waals surface area (Å²) < 4.78 is 10.6. The van der Waals surface area contributed by atoms with Crippen LogP contribution in [0.15, 0.2) is 30.3 Å². The quantitative estimate of drug-likeness (QED) is 0.436. The Bertz CT molecular complexity index is 1040. The predicted octanol–water partition coefficient (Wildman–Crippen LogP) is 5.44. The third-order valence-electron chi connectivity index (χ3n) is 4.03. The first-order chi connectivity index (χ1) is 12.4. The number of ether oxygens (including phenoxy) is 2. The number of rotatable bonds is 4. The van der Waals surface area contributed by atoms with E-state index in [9.17, 15) is 10.1 Å². The highest BCUT2D eigenvalue weighted by Gasteiger charge is 2.24. The minimum absolute atomic E-state index is 0.164. The standard InChI is InChI=1S/C18H14Cl2N2O4/c1-9-6-15(26-3)21-18-13(22(23)24)8-14(25-2)17(16(9)18)10-4-5-11(19)12(20)7-10/h4-8H,1-3H3. The van der Waals surface area contributed by atoms with E-state index in [1.807, 2.05) is 6.92 Å². The molecule has 0 spiro atoms. The number of aryl methyl sites for hydroxylation is 1. The highest BCUT2D eigenvalue weighted by Crippen LogP contribution is 2.44. The largest absolute Gasteiger partial charge is 0.496 e. The number of pyridine rings is 1. The molecule has 0 radical (unpaired) electrons.